The fraction of sp³-hybridized carbons (Fsp3) is 0.786. The first-order chi connectivity index (χ1) is 10.3. The Labute approximate surface area is 126 Å². The van der Waals surface area contributed by atoms with E-state index in [1.807, 2.05) is 0 Å². The summed E-state index contributed by atoms with van der Waals surface area (Å²) >= 11 is 0. The highest BCUT2D eigenvalue weighted by Gasteiger charge is 2.15. The van der Waals surface area contributed by atoms with Gasteiger partial charge < -0.3 is 20.7 Å². The van der Waals surface area contributed by atoms with Gasteiger partial charge in [-0.15, -0.1) is 0 Å². The lowest BCUT2D eigenvalue weighted by molar-refractivity contribution is 0.134. The van der Waals surface area contributed by atoms with Crippen molar-refractivity contribution in [2.45, 2.75) is 39.0 Å². The van der Waals surface area contributed by atoms with Crippen molar-refractivity contribution in [1.29, 1.82) is 0 Å². The zero-order valence-electron chi connectivity index (χ0n) is 12.8. The second kappa shape index (κ2) is 8.61. The predicted molar refractivity (Wildman–Crippen MR) is 84.5 cm³/mol. The molecule has 0 spiro atoms. The van der Waals surface area contributed by atoms with Crippen LogP contribution in [-0.2, 0) is 4.74 Å². The van der Waals surface area contributed by atoms with Crippen molar-refractivity contribution in [3.05, 3.63) is 0 Å². The third-order valence-corrected chi connectivity index (χ3v) is 3.38. The number of nitrogens with one attached hydrogen (secondary N) is 1. The van der Waals surface area contributed by atoms with E-state index >= 15 is 0 Å². The van der Waals surface area contributed by atoms with E-state index in [4.69, 9.17) is 10.5 Å². The molecule has 7 nitrogen and oxygen atoms in total. The van der Waals surface area contributed by atoms with Gasteiger partial charge in [0.05, 0.1) is 0 Å². The van der Waals surface area contributed by atoms with Gasteiger partial charge in [-0.2, -0.15) is 15.0 Å². The summed E-state index contributed by atoms with van der Waals surface area (Å²) in [7, 11) is 0. The van der Waals surface area contributed by atoms with Crippen LogP contribution < -0.4 is 16.0 Å². The highest BCUT2D eigenvalue weighted by atomic mass is 16.5. The molecule has 1 fully saturated rings. The van der Waals surface area contributed by atoms with Crippen LogP contribution in [0.15, 0.2) is 0 Å². The Morgan fingerprint density at radius 3 is 2.71 bits per heavy atom. The molecular formula is C14H26N6O. The molecule has 0 atom stereocenters. The Morgan fingerprint density at radius 1 is 1.14 bits per heavy atom. The number of nitrogen functional groups attached to an aromatic ring is 1. The van der Waals surface area contributed by atoms with E-state index in [-0.39, 0.29) is 5.95 Å². The highest BCUT2D eigenvalue weighted by molar-refractivity contribution is 5.42. The van der Waals surface area contributed by atoms with Gasteiger partial charge in [0.15, 0.2) is 0 Å². The summed E-state index contributed by atoms with van der Waals surface area (Å²) < 4.78 is 5.44. The second-order valence-corrected chi connectivity index (χ2v) is 5.26. The van der Waals surface area contributed by atoms with Crippen LogP contribution >= 0.6 is 0 Å². The van der Waals surface area contributed by atoms with Crippen molar-refractivity contribution in [2.24, 2.45) is 0 Å². The van der Waals surface area contributed by atoms with E-state index in [0.29, 0.717) is 11.9 Å². The van der Waals surface area contributed by atoms with Crippen LogP contribution in [0.25, 0.3) is 0 Å². The lowest BCUT2D eigenvalue weighted by Gasteiger charge is -2.26. The van der Waals surface area contributed by atoms with E-state index in [9.17, 15) is 0 Å². The van der Waals surface area contributed by atoms with E-state index < -0.39 is 0 Å². The average Bonchev–Trinajstić information content (AvgIpc) is 2.51. The first kappa shape index (κ1) is 15.8. The Bertz CT molecular complexity index is 422. The summed E-state index contributed by atoms with van der Waals surface area (Å²) in [6.45, 7) is 6.43. The monoisotopic (exact) mass is 294 g/mol. The number of piperidine rings is 1. The topological polar surface area (TPSA) is 89.2 Å². The standard InChI is InChI=1S/C14H26N6O/c1-2-10-21-11-6-7-16-13-17-12(15)18-14(19-13)20-8-4-3-5-9-20/h2-11H2,1H3,(H3,15,16,17,18,19). The van der Waals surface area contributed by atoms with Crippen molar-refractivity contribution >= 4 is 17.8 Å². The van der Waals surface area contributed by atoms with Gasteiger partial charge in [-0.3, -0.25) is 0 Å². The first-order valence-electron chi connectivity index (χ1n) is 7.87. The van der Waals surface area contributed by atoms with Crippen LogP contribution in [0.2, 0.25) is 0 Å². The maximum atomic E-state index is 5.78. The molecule has 0 amide bonds. The minimum absolute atomic E-state index is 0.273. The number of hydrogen-bond donors (Lipinski definition) is 2. The molecule has 0 saturated carbocycles. The van der Waals surface area contributed by atoms with Gasteiger partial charge in [-0.25, -0.2) is 0 Å². The zero-order chi connectivity index (χ0) is 14.9. The van der Waals surface area contributed by atoms with Crippen molar-refractivity contribution in [2.75, 3.05) is 48.8 Å². The number of anilines is 3. The van der Waals surface area contributed by atoms with Crippen LogP contribution in [0.5, 0.6) is 0 Å². The molecule has 1 saturated heterocycles. The van der Waals surface area contributed by atoms with Gasteiger partial charge in [-0.05, 0) is 32.1 Å². The minimum atomic E-state index is 0.273. The number of aromatic nitrogens is 3. The fourth-order valence-corrected chi connectivity index (χ4v) is 2.32. The molecule has 2 rings (SSSR count). The third-order valence-electron chi connectivity index (χ3n) is 3.38. The molecule has 2 heterocycles. The molecule has 7 heteroatoms. The van der Waals surface area contributed by atoms with Gasteiger partial charge in [0.2, 0.25) is 17.8 Å². The van der Waals surface area contributed by atoms with Crippen LogP contribution in [0.1, 0.15) is 39.0 Å². The van der Waals surface area contributed by atoms with Crippen molar-refractivity contribution < 1.29 is 4.74 Å². The van der Waals surface area contributed by atoms with Crippen molar-refractivity contribution in [3.8, 4) is 0 Å². The number of hydrogen-bond acceptors (Lipinski definition) is 7. The van der Waals surface area contributed by atoms with E-state index in [2.05, 4.69) is 32.1 Å². The summed E-state index contributed by atoms with van der Waals surface area (Å²) in [6.07, 6.45) is 5.62. The molecule has 1 aliphatic heterocycles. The average molecular weight is 294 g/mol. The summed E-state index contributed by atoms with van der Waals surface area (Å²) in [5, 5.41) is 3.19. The van der Waals surface area contributed by atoms with Gasteiger partial charge in [-0.1, -0.05) is 6.92 Å². The Hall–Kier alpha value is -1.63. The molecule has 0 aromatic carbocycles. The highest BCUT2D eigenvalue weighted by Crippen LogP contribution is 2.17. The largest absolute Gasteiger partial charge is 0.381 e. The molecule has 0 bridgehead atoms. The molecule has 0 aliphatic carbocycles. The molecule has 21 heavy (non-hydrogen) atoms. The molecule has 0 radical (unpaired) electrons. The van der Waals surface area contributed by atoms with Crippen LogP contribution in [-0.4, -0.2) is 47.8 Å². The molecule has 3 N–H and O–H groups in total. The van der Waals surface area contributed by atoms with Crippen molar-refractivity contribution in [1.82, 2.24) is 15.0 Å². The fourth-order valence-electron chi connectivity index (χ4n) is 2.32. The van der Waals surface area contributed by atoms with Crippen molar-refractivity contribution in [3.63, 3.8) is 0 Å². The van der Waals surface area contributed by atoms with Gasteiger partial charge in [0, 0.05) is 32.8 Å². The molecule has 1 aromatic heterocycles. The van der Waals surface area contributed by atoms with E-state index in [1.165, 1.54) is 19.3 Å². The SMILES string of the molecule is CCCOCCCNc1nc(N)nc(N2CCCCC2)n1. The number of nitrogens with zero attached hydrogens (tertiary/aromatic N) is 4. The van der Waals surface area contributed by atoms with Gasteiger partial charge >= 0.3 is 0 Å². The normalized spacial score (nSPS) is 15.2. The molecular weight excluding hydrogens is 268 g/mol. The summed E-state index contributed by atoms with van der Waals surface area (Å²) in [4.78, 5) is 15.0. The second-order valence-electron chi connectivity index (χ2n) is 5.26. The summed E-state index contributed by atoms with van der Waals surface area (Å²) in [6, 6.07) is 0. The first-order valence-corrected chi connectivity index (χ1v) is 7.87. The smallest absolute Gasteiger partial charge is 0.231 e. The van der Waals surface area contributed by atoms with Gasteiger partial charge in [0.25, 0.3) is 0 Å². The summed E-state index contributed by atoms with van der Waals surface area (Å²) in [5.74, 6) is 1.51. The molecule has 0 unspecified atom stereocenters. The number of ether oxygens (including phenoxy) is 1. The van der Waals surface area contributed by atoms with Crippen LogP contribution in [0.3, 0.4) is 0 Å². The molecule has 1 aromatic rings. The Morgan fingerprint density at radius 2 is 1.95 bits per heavy atom. The summed E-state index contributed by atoms with van der Waals surface area (Å²) in [5.41, 5.74) is 5.78. The predicted octanol–water partition coefficient (Wildman–Crippen LogP) is 1.67. The lowest BCUT2D eigenvalue weighted by atomic mass is 10.1. The van der Waals surface area contributed by atoms with E-state index in [0.717, 1.165) is 45.7 Å². The maximum Gasteiger partial charge on any atom is 0.231 e. The number of nitrogens with two attached hydrogens (primary N) is 1. The zero-order valence-corrected chi connectivity index (χ0v) is 12.8. The lowest BCUT2D eigenvalue weighted by Crippen LogP contribution is -2.31. The van der Waals surface area contributed by atoms with Gasteiger partial charge in [0.1, 0.15) is 0 Å². The molecule has 1 aliphatic rings. The van der Waals surface area contributed by atoms with Crippen LogP contribution in [0.4, 0.5) is 17.8 Å². The third kappa shape index (κ3) is 5.34. The quantitative estimate of drug-likeness (QED) is 0.705. The minimum Gasteiger partial charge on any atom is -0.381 e. The molecule has 118 valence electrons. The number of rotatable bonds is 8. The maximum absolute atomic E-state index is 5.78. The van der Waals surface area contributed by atoms with Crippen LogP contribution in [0, 0.1) is 0 Å². The Balaban J connectivity index is 1.83. The Kier molecular flexibility index (Phi) is 6.46. The van der Waals surface area contributed by atoms with E-state index in [1.54, 1.807) is 0 Å².